The van der Waals surface area contributed by atoms with Crippen LogP contribution in [-0.4, -0.2) is 0 Å². The van der Waals surface area contributed by atoms with Gasteiger partial charge in [0.15, 0.2) is 0 Å². The Morgan fingerprint density at radius 2 is 1.11 bits per heavy atom. The molecule has 0 fully saturated rings. The number of hydrogen-bond acceptors (Lipinski definition) is 0. The second-order valence-corrected chi connectivity index (χ2v) is 12.9. The van der Waals surface area contributed by atoms with Crippen molar-refractivity contribution >= 4 is 33.7 Å². The summed E-state index contributed by atoms with van der Waals surface area (Å²) in [5.74, 6) is 0. The Bertz CT molecular complexity index is 895. The van der Waals surface area contributed by atoms with Gasteiger partial charge >= 0.3 is 167 Å². The number of benzene rings is 3. The van der Waals surface area contributed by atoms with Crippen LogP contribution >= 0.6 is 20.1 Å². The van der Waals surface area contributed by atoms with Crippen molar-refractivity contribution in [3.63, 3.8) is 0 Å². The fraction of sp³-hybridized carbons (Fsp3) is 0.120. The molecule has 0 saturated heterocycles. The van der Waals surface area contributed by atoms with E-state index in [4.69, 9.17) is 10.2 Å². The van der Waals surface area contributed by atoms with Crippen LogP contribution in [0.4, 0.5) is 0 Å². The maximum absolute atomic E-state index is 8.17. The van der Waals surface area contributed by atoms with Crippen LogP contribution in [0.15, 0.2) is 113 Å². The van der Waals surface area contributed by atoms with E-state index in [0.717, 1.165) is 12.8 Å². The molecule has 4 rings (SSSR count). The minimum atomic E-state index is -3.09. The molecule has 3 aromatic rings. The van der Waals surface area contributed by atoms with Crippen LogP contribution in [0.3, 0.4) is 0 Å². The van der Waals surface area contributed by atoms with Crippen LogP contribution in [0.1, 0.15) is 19.8 Å². The van der Waals surface area contributed by atoms with Gasteiger partial charge < -0.3 is 0 Å². The van der Waals surface area contributed by atoms with Crippen LogP contribution in [0.5, 0.6) is 0 Å². The van der Waals surface area contributed by atoms with Crippen molar-refractivity contribution in [3.05, 3.63) is 113 Å². The molecule has 3 aromatic carbocycles. The van der Waals surface area contributed by atoms with Crippen molar-refractivity contribution in [2.75, 3.05) is 0 Å². The van der Waals surface area contributed by atoms with Crippen LogP contribution in [-0.2, 0) is 10.5 Å². The summed E-state index contributed by atoms with van der Waals surface area (Å²) in [6.45, 7) is 2.22. The molecule has 28 heavy (non-hydrogen) atoms. The summed E-state index contributed by atoms with van der Waals surface area (Å²) in [6, 6.07) is 32.1. The molecular formula is C25H27ClNiP. The van der Waals surface area contributed by atoms with Crippen LogP contribution in [0.25, 0.3) is 0 Å². The van der Waals surface area contributed by atoms with Crippen molar-refractivity contribution in [3.8, 4) is 0 Å². The van der Waals surface area contributed by atoms with Crippen molar-refractivity contribution in [1.82, 2.24) is 0 Å². The summed E-state index contributed by atoms with van der Waals surface area (Å²) in [6.07, 6.45) is 6.42. The first-order valence-corrected chi connectivity index (χ1v) is 12.5. The summed E-state index contributed by atoms with van der Waals surface area (Å²) in [5.41, 5.74) is 1.37. The van der Waals surface area contributed by atoms with E-state index in [9.17, 15) is 0 Å². The van der Waals surface area contributed by atoms with E-state index in [2.05, 4.69) is 110 Å². The van der Waals surface area contributed by atoms with Gasteiger partial charge in [0.1, 0.15) is 0 Å². The topological polar surface area (TPSA) is 0 Å². The second kappa shape index (κ2) is 8.38. The molecule has 0 nitrogen and oxygen atoms in total. The summed E-state index contributed by atoms with van der Waals surface area (Å²) in [7, 11) is 5.08. The van der Waals surface area contributed by atoms with Crippen LogP contribution in [0.2, 0.25) is 0 Å². The molecule has 0 aromatic heterocycles. The van der Waals surface area contributed by atoms with E-state index in [0.29, 0.717) is 0 Å². The Balaban J connectivity index is 0.00000225. The molecule has 1 atom stereocenters. The van der Waals surface area contributed by atoms with Gasteiger partial charge in [-0.15, -0.1) is 0 Å². The largest absolute Gasteiger partial charge is 0.153 e. The average molecular weight is 453 g/mol. The van der Waals surface area contributed by atoms with E-state index in [-0.39, 0.29) is 9.90 Å². The smallest absolute Gasteiger partial charge is 0.153 e. The van der Waals surface area contributed by atoms with Gasteiger partial charge in [0.2, 0.25) is 0 Å². The minimum absolute atomic E-state index is 0. The molecule has 0 aliphatic heterocycles. The molecule has 1 aliphatic rings. The van der Waals surface area contributed by atoms with Gasteiger partial charge in [0.25, 0.3) is 0 Å². The molecule has 1 unspecified atom stereocenters. The van der Waals surface area contributed by atoms with Gasteiger partial charge in [-0.25, -0.2) is 0 Å². The zero-order chi connectivity index (χ0) is 18.8. The number of hydrogen-bond donors (Lipinski definition) is 0. The molecule has 1 aliphatic carbocycles. The Kier molecular flexibility index (Phi) is 6.31. The minimum Gasteiger partial charge on any atom is -0.153 e. The summed E-state index contributed by atoms with van der Waals surface area (Å²) in [4.78, 5) is 0. The predicted octanol–water partition coefficient (Wildman–Crippen LogP) is 5.49. The number of allylic oxidation sites excluding steroid dienone is 4. The van der Waals surface area contributed by atoms with E-state index >= 15 is 0 Å². The SMILES string of the molecule is CCC1=[C]([Ni]([Cl])([c]2ccccc2)([c]2ccccc2)[c]2ccccc2)CC=C1.P. The number of halogens is 1. The predicted molar refractivity (Wildman–Crippen MR) is 126 cm³/mol. The van der Waals surface area contributed by atoms with Crippen molar-refractivity contribution in [1.29, 1.82) is 0 Å². The quantitative estimate of drug-likeness (QED) is 0.355. The molecule has 149 valence electrons. The third kappa shape index (κ3) is 3.02. The Hall–Kier alpha value is -1.65. The second-order valence-electron chi connectivity index (χ2n) is 6.35. The normalized spacial score (nSPS) is 15.0. The van der Waals surface area contributed by atoms with Crippen molar-refractivity contribution < 1.29 is 10.5 Å². The molecular weight excluding hydrogens is 425 g/mol. The summed E-state index contributed by atoms with van der Waals surface area (Å²) < 4.78 is 4.97. The molecule has 0 N–H and O–H groups in total. The van der Waals surface area contributed by atoms with Gasteiger partial charge in [0, 0.05) is 0 Å². The Labute approximate surface area is 176 Å². The van der Waals surface area contributed by atoms with Crippen molar-refractivity contribution in [2.24, 2.45) is 0 Å². The first-order chi connectivity index (χ1) is 13.2. The molecule has 3 heteroatoms. The third-order valence-electron chi connectivity index (χ3n) is 4.84. The third-order valence-corrected chi connectivity index (χ3v) is 13.0. The zero-order valence-electron chi connectivity index (χ0n) is 16.1. The van der Waals surface area contributed by atoms with Crippen molar-refractivity contribution in [2.45, 2.75) is 19.8 Å². The van der Waals surface area contributed by atoms with E-state index in [1.807, 2.05) is 0 Å². The fourth-order valence-corrected chi connectivity index (χ4v) is 10.9. The first kappa shape index (κ1) is 21.1. The Morgan fingerprint density at radius 3 is 1.46 bits per heavy atom. The first-order valence-electron chi connectivity index (χ1n) is 9.18. The van der Waals surface area contributed by atoms with E-state index < -0.39 is 10.5 Å². The molecule has 0 bridgehead atoms. The average Bonchev–Trinajstić information content (AvgIpc) is 3.25. The fourth-order valence-electron chi connectivity index (χ4n) is 3.57. The molecule has 0 radical (unpaired) electrons. The summed E-state index contributed by atoms with van der Waals surface area (Å²) >= 11 is 0. The summed E-state index contributed by atoms with van der Waals surface area (Å²) in [5, 5.41) is 0. The van der Waals surface area contributed by atoms with Gasteiger partial charge in [-0.1, -0.05) is 0 Å². The van der Waals surface area contributed by atoms with E-state index in [1.165, 1.54) is 23.7 Å². The monoisotopic (exact) mass is 451 g/mol. The van der Waals surface area contributed by atoms with Gasteiger partial charge in [-0.2, -0.15) is 9.90 Å². The Morgan fingerprint density at radius 1 is 0.714 bits per heavy atom. The van der Waals surface area contributed by atoms with Gasteiger partial charge in [0.05, 0.1) is 0 Å². The van der Waals surface area contributed by atoms with Gasteiger partial charge in [-0.05, 0) is 0 Å². The van der Waals surface area contributed by atoms with Gasteiger partial charge in [-0.3, -0.25) is 0 Å². The number of rotatable bonds is 5. The van der Waals surface area contributed by atoms with E-state index in [1.54, 1.807) is 0 Å². The van der Waals surface area contributed by atoms with Crippen LogP contribution in [0, 0.1) is 0 Å². The van der Waals surface area contributed by atoms with Crippen LogP contribution < -0.4 is 13.6 Å². The standard InChI is InChI=1S/C7H9.3C6H5.ClH.Ni.H3P/c1-2-7-5-3-4-6-7;3*1-2-4-6-5-3-1;;;/h3,5H,2,4H2,1H3;3*1-5H;1H;;1H3/q;;;;;+1;/p-1. The molecule has 0 saturated carbocycles. The zero-order valence-corrected chi connectivity index (χ0v) is 19.3. The molecule has 0 amide bonds. The molecule has 0 spiro atoms. The maximum atomic E-state index is 8.17. The molecule has 0 heterocycles. The maximum Gasteiger partial charge on any atom is -0.153 e.